The number of hydrogen-bond acceptors (Lipinski definition) is 6. The highest BCUT2D eigenvalue weighted by Gasteiger charge is 2.10. The Morgan fingerprint density at radius 2 is 2.10 bits per heavy atom. The van der Waals surface area contributed by atoms with Gasteiger partial charge in [0.05, 0.1) is 13.2 Å². The van der Waals surface area contributed by atoms with Gasteiger partial charge < -0.3 is 15.0 Å². The van der Waals surface area contributed by atoms with Crippen LogP contribution in [0.3, 0.4) is 0 Å². The third-order valence-electron chi connectivity index (χ3n) is 2.98. The first-order valence-corrected chi connectivity index (χ1v) is 8.62. The van der Waals surface area contributed by atoms with Crippen LogP contribution >= 0.6 is 11.8 Å². The quantitative estimate of drug-likeness (QED) is 0.383. The molecule has 0 bridgehead atoms. The molecule has 0 aliphatic heterocycles. The number of thioether (sulfide) groups is 1. The molecule has 1 aromatic rings. The number of carbonyl (C=O) groups is 1. The molecule has 21 heavy (non-hydrogen) atoms. The summed E-state index contributed by atoms with van der Waals surface area (Å²) >= 11 is 1.71. The lowest BCUT2D eigenvalue weighted by atomic mass is 10.2. The minimum absolute atomic E-state index is 0.0968. The molecule has 7 heteroatoms. The first kappa shape index (κ1) is 18.0. The van der Waals surface area contributed by atoms with E-state index in [2.05, 4.69) is 21.7 Å². The van der Waals surface area contributed by atoms with Crippen LogP contribution in [0.2, 0.25) is 0 Å². The Morgan fingerprint density at radius 3 is 2.76 bits per heavy atom. The molecule has 0 aliphatic rings. The topological polar surface area (TPSA) is 83.0 Å². The average molecular weight is 314 g/mol. The summed E-state index contributed by atoms with van der Waals surface area (Å²) in [6.07, 6.45) is 4.52. The van der Waals surface area contributed by atoms with E-state index in [9.17, 15) is 4.79 Å². The molecule has 2 N–H and O–H groups in total. The van der Waals surface area contributed by atoms with Crippen molar-refractivity contribution < 1.29 is 9.53 Å². The fraction of sp³-hybridized carbons (Fsp3) is 0.786. The van der Waals surface area contributed by atoms with Crippen molar-refractivity contribution in [3.05, 3.63) is 5.82 Å². The highest BCUT2D eigenvalue weighted by molar-refractivity contribution is 7.99. The summed E-state index contributed by atoms with van der Waals surface area (Å²) in [5.74, 6) is 1.73. The van der Waals surface area contributed by atoms with E-state index >= 15 is 0 Å². The SMILES string of the molecule is CCCn1c(CN)nnc1SCCCCCC(=O)OCC. The predicted octanol–water partition coefficient (Wildman–Crippen LogP) is 2.36. The van der Waals surface area contributed by atoms with Crippen molar-refractivity contribution in [2.45, 2.75) is 64.2 Å². The number of aromatic nitrogens is 3. The van der Waals surface area contributed by atoms with Gasteiger partial charge in [0.2, 0.25) is 0 Å². The molecule has 0 spiro atoms. The zero-order valence-electron chi connectivity index (χ0n) is 13.0. The Kier molecular flexibility index (Phi) is 9.09. The zero-order chi connectivity index (χ0) is 15.5. The summed E-state index contributed by atoms with van der Waals surface area (Å²) < 4.78 is 7.00. The van der Waals surface area contributed by atoms with Crippen LogP contribution in [0.5, 0.6) is 0 Å². The van der Waals surface area contributed by atoms with Crippen molar-refractivity contribution in [1.82, 2.24) is 14.8 Å². The average Bonchev–Trinajstić information content (AvgIpc) is 2.85. The first-order chi connectivity index (χ1) is 10.2. The second kappa shape index (κ2) is 10.6. The molecule has 0 saturated carbocycles. The summed E-state index contributed by atoms with van der Waals surface area (Å²) in [7, 11) is 0. The summed E-state index contributed by atoms with van der Waals surface area (Å²) in [6, 6.07) is 0. The molecule has 1 rings (SSSR count). The van der Waals surface area contributed by atoms with Gasteiger partial charge in [-0.1, -0.05) is 25.1 Å². The minimum Gasteiger partial charge on any atom is -0.466 e. The molecule has 0 unspecified atom stereocenters. The molecule has 0 aromatic carbocycles. The van der Waals surface area contributed by atoms with Crippen LogP contribution in [-0.4, -0.2) is 33.1 Å². The number of unbranched alkanes of at least 4 members (excludes halogenated alkanes) is 2. The third-order valence-corrected chi connectivity index (χ3v) is 4.04. The maximum absolute atomic E-state index is 11.2. The lowest BCUT2D eigenvalue weighted by Gasteiger charge is -2.07. The highest BCUT2D eigenvalue weighted by Crippen LogP contribution is 2.19. The van der Waals surface area contributed by atoms with Gasteiger partial charge in [-0.3, -0.25) is 4.79 Å². The zero-order valence-corrected chi connectivity index (χ0v) is 13.8. The third kappa shape index (κ3) is 6.48. The van der Waals surface area contributed by atoms with Crippen molar-refractivity contribution in [2.24, 2.45) is 5.73 Å². The molecule has 0 amide bonds. The Bertz CT molecular complexity index is 423. The fourth-order valence-corrected chi connectivity index (χ4v) is 2.95. The van der Waals surface area contributed by atoms with Crippen LogP contribution in [0.25, 0.3) is 0 Å². The largest absolute Gasteiger partial charge is 0.466 e. The molecule has 1 heterocycles. The van der Waals surface area contributed by atoms with Crippen molar-refractivity contribution in [2.75, 3.05) is 12.4 Å². The van der Waals surface area contributed by atoms with Crippen LogP contribution < -0.4 is 5.73 Å². The van der Waals surface area contributed by atoms with Gasteiger partial charge in [0.1, 0.15) is 5.82 Å². The standard InChI is InChI=1S/C14H26N4O2S/c1-3-9-18-12(11-15)16-17-14(18)21-10-7-5-6-8-13(19)20-4-2/h3-11,15H2,1-2H3. The Labute approximate surface area is 130 Å². The second-order valence-corrected chi connectivity index (χ2v) is 5.78. The maximum atomic E-state index is 11.2. The molecule has 120 valence electrons. The van der Waals surface area contributed by atoms with Gasteiger partial charge in [0.25, 0.3) is 0 Å². The van der Waals surface area contributed by atoms with Gasteiger partial charge in [-0.25, -0.2) is 0 Å². The van der Waals surface area contributed by atoms with Gasteiger partial charge >= 0.3 is 5.97 Å². The number of carbonyl (C=O) groups excluding carboxylic acids is 1. The van der Waals surface area contributed by atoms with E-state index in [-0.39, 0.29) is 5.97 Å². The predicted molar refractivity (Wildman–Crippen MR) is 84.0 cm³/mol. The van der Waals surface area contributed by atoms with E-state index in [4.69, 9.17) is 10.5 Å². The van der Waals surface area contributed by atoms with Gasteiger partial charge in [-0.05, 0) is 26.2 Å². The summed E-state index contributed by atoms with van der Waals surface area (Å²) in [6.45, 7) is 5.75. The number of esters is 1. The number of rotatable bonds is 11. The van der Waals surface area contributed by atoms with E-state index in [1.54, 1.807) is 11.8 Å². The smallest absolute Gasteiger partial charge is 0.305 e. The van der Waals surface area contributed by atoms with Crippen LogP contribution in [0, 0.1) is 0 Å². The number of ether oxygens (including phenoxy) is 1. The first-order valence-electron chi connectivity index (χ1n) is 7.63. The summed E-state index contributed by atoms with van der Waals surface area (Å²) in [5, 5.41) is 9.26. The maximum Gasteiger partial charge on any atom is 0.305 e. The molecule has 0 radical (unpaired) electrons. The van der Waals surface area contributed by atoms with E-state index in [0.29, 0.717) is 19.6 Å². The van der Waals surface area contributed by atoms with E-state index in [1.165, 1.54) is 0 Å². The van der Waals surface area contributed by atoms with Crippen molar-refractivity contribution in [3.63, 3.8) is 0 Å². The molecule has 6 nitrogen and oxygen atoms in total. The van der Waals surface area contributed by atoms with E-state index < -0.39 is 0 Å². The van der Waals surface area contributed by atoms with Crippen molar-refractivity contribution in [1.29, 1.82) is 0 Å². The van der Waals surface area contributed by atoms with E-state index in [0.717, 1.165) is 49.0 Å². The van der Waals surface area contributed by atoms with Crippen molar-refractivity contribution >= 4 is 17.7 Å². The van der Waals surface area contributed by atoms with Crippen LogP contribution in [0.15, 0.2) is 5.16 Å². The van der Waals surface area contributed by atoms with Gasteiger partial charge in [-0.15, -0.1) is 10.2 Å². The summed E-state index contributed by atoms with van der Waals surface area (Å²) in [4.78, 5) is 11.2. The van der Waals surface area contributed by atoms with Crippen LogP contribution in [0.4, 0.5) is 0 Å². The minimum atomic E-state index is -0.0968. The van der Waals surface area contributed by atoms with Crippen LogP contribution in [-0.2, 0) is 22.6 Å². The molecule has 1 aromatic heterocycles. The lowest BCUT2D eigenvalue weighted by molar-refractivity contribution is -0.143. The Balaban J connectivity index is 2.23. The Hall–Kier alpha value is -1.08. The van der Waals surface area contributed by atoms with Crippen LogP contribution in [0.1, 0.15) is 51.8 Å². The van der Waals surface area contributed by atoms with Gasteiger partial charge in [0.15, 0.2) is 5.16 Å². The number of hydrogen-bond donors (Lipinski definition) is 1. The molecule has 0 saturated heterocycles. The fourth-order valence-electron chi connectivity index (χ4n) is 1.97. The second-order valence-electron chi connectivity index (χ2n) is 4.72. The number of nitrogens with zero attached hydrogens (tertiary/aromatic N) is 3. The lowest BCUT2D eigenvalue weighted by Crippen LogP contribution is -2.09. The number of nitrogens with two attached hydrogens (primary N) is 1. The van der Waals surface area contributed by atoms with Gasteiger partial charge in [0, 0.05) is 18.7 Å². The Morgan fingerprint density at radius 1 is 1.29 bits per heavy atom. The van der Waals surface area contributed by atoms with Gasteiger partial charge in [-0.2, -0.15) is 0 Å². The monoisotopic (exact) mass is 314 g/mol. The molecule has 0 aliphatic carbocycles. The molecule has 0 atom stereocenters. The van der Waals surface area contributed by atoms with E-state index in [1.807, 2.05) is 6.92 Å². The normalized spacial score (nSPS) is 10.8. The van der Waals surface area contributed by atoms with Crippen molar-refractivity contribution in [3.8, 4) is 0 Å². The molecule has 0 fully saturated rings. The molecular weight excluding hydrogens is 288 g/mol. The highest BCUT2D eigenvalue weighted by atomic mass is 32.2. The molecular formula is C14H26N4O2S. The summed E-state index contributed by atoms with van der Waals surface area (Å²) in [5.41, 5.74) is 5.67.